The molecule has 1 aromatic heterocycles. The van der Waals surface area contributed by atoms with Crippen LogP contribution in [0.5, 0.6) is 0 Å². The Bertz CT molecular complexity index is 872. The van der Waals surface area contributed by atoms with Gasteiger partial charge in [0.15, 0.2) is 0 Å². The zero-order chi connectivity index (χ0) is 17.6. The number of hydrogen-bond acceptors (Lipinski definition) is 3. The summed E-state index contributed by atoms with van der Waals surface area (Å²) in [7, 11) is 0. The van der Waals surface area contributed by atoms with E-state index in [1.807, 2.05) is 42.6 Å². The van der Waals surface area contributed by atoms with Crippen LogP contribution in [0, 0.1) is 12.7 Å². The Labute approximate surface area is 149 Å². The molecule has 0 radical (unpaired) electrons. The lowest BCUT2D eigenvalue weighted by Crippen LogP contribution is -2.27. The molecule has 0 saturated heterocycles. The fourth-order valence-corrected chi connectivity index (χ4v) is 3.05. The predicted molar refractivity (Wildman–Crippen MR) is 98.7 cm³/mol. The van der Waals surface area contributed by atoms with Crippen LogP contribution in [-0.2, 0) is 4.79 Å². The first-order valence-corrected chi connectivity index (χ1v) is 8.71. The van der Waals surface area contributed by atoms with Crippen molar-refractivity contribution in [2.45, 2.75) is 13.0 Å². The number of hydrogen-bond donors (Lipinski definition) is 1. The molecule has 0 saturated carbocycles. The van der Waals surface area contributed by atoms with Crippen LogP contribution in [0.15, 0.2) is 66.1 Å². The van der Waals surface area contributed by atoms with Gasteiger partial charge in [0, 0.05) is 11.5 Å². The molecule has 1 N–H and O–H groups in total. The minimum atomic E-state index is -0.351. The van der Waals surface area contributed by atoms with Gasteiger partial charge in [0.25, 0.3) is 0 Å². The zero-order valence-corrected chi connectivity index (χ0v) is 14.5. The van der Waals surface area contributed by atoms with Gasteiger partial charge in [0.2, 0.25) is 5.91 Å². The second-order valence-corrected chi connectivity index (χ2v) is 6.59. The number of aromatic nitrogens is 1. The Morgan fingerprint density at radius 1 is 1.12 bits per heavy atom. The number of nitrogens with zero attached hydrogens (tertiary/aromatic N) is 1. The molecule has 1 heterocycles. The third kappa shape index (κ3) is 4.61. The monoisotopic (exact) mass is 352 g/mol. The molecule has 0 spiro atoms. The Hall–Kier alpha value is -2.79. The quantitative estimate of drug-likeness (QED) is 0.687. The maximum atomic E-state index is 13.2. The summed E-state index contributed by atoms with van der Waals surface area (Å²) in [5.41, 5.74) is 2.51. The van der Waals surface area contributed by atoms with Crippen molar-refractivity contribution < 1.29 is 9.18 Å². The number of aryl methyl sites for hydroxylation is 1. The molecular weight excluding hydrogens is 335 g/mol. The normalized spacial score (nSPS) is 12.2. The van der Waals surface area contributed by atoms with Gasteiger partial charge >= 0.3 is 0 Å². The van der Waals surface area contributed by atoms with Crippen LogP contribution in [0.1, 0.15) is 27.9 Å². The maximum absolute atomic E-state index is 13.2. The number of nitrogens with one attached hydrogen (secondary N) is 1. The highest BCUT2D eigenvalue weighted by Gasteiger charge is 2.15. The Morgan fingerprint density at radius 3 is 2.44 bits per heavy atom. The van der Waals surface area contributed by atoms with Crippen molar-refractivity contribution in [1.29, 1.82) is 0 Å². The Kier molecular flexibility index (Phi) is 5.36. The van der Waals surface area contributed by atoms with E-state index in [4.69, 9.17) is 0 Å². The van der Waals surface area contributed by atoms with Crippen molar-refractivity contribution in [3.63, 3.8) is 0 Å². The van der Waals surface area contributed by atoms with Crippen molar-refractivity contribution in [2.75, 3.05) is 0 Å². The topological polar surface area (TPSA) is 42.0 Å². The molecule has 0 aliphatic heterocycles. The number of thiazole rings is 1. The van der Waals surface area contributed by atoms with Crippen molar-refractivity contribution in [3.8, 4) is 0 Å². The fraction of sp³-hybridized carbons (Fsp3) is 0.100. The third-order valence-corrected chi connectivity index (χ3v) is 4.46. The lowest BCUT2D eigenvalue weighted by Gasteiger charge is -2.19. The first kappa shape index (κ1) is 17.0. The third-order valence-electron chi connectivity index (χ3n) is 3.67. The van der Waals surface area contributed by atoms with Crippen molar-refractivity contribution in [3.05, 3.63) is 93.7 Å². The molecule has 0 fully saturated rings. The minimum absolute atomic E-state index is 0.233. The number of benzene rings is 2. The van der Waals surface area contributed by atoms with Crippen LogP contribution in [0.25, 0.3) is 6.08 Å². The number of carbonyl (C=O) groups excluding carboxylic acids is 1. The molecule has 2 aromatic carbocycles. The summed E-state index contributed by atoms with van der Waals surface area (Å²) in [5.74, 6) is -0.537. The molecule has 25 heavy (non-hydrogen) atoms. The highest BCUT2D eigenvalue weighted by molar-refractivity contribution is 7.09. The van der Waals surface area contributed by atoms with E-state index in [2.05, 4.69) is 10.3 Å². The average molecular weight is 352 g/mol. The van der Waals surface area contributed by atoms with Crippen LogP contribution in [-0.4, -0.2) is 10.9 Å². The van der Waals surface area contributed by atoms with Gasteiger partial charge in [-0.15, -0.1) is 11.3 Å². The molecule has 3 aromatic rings. The van der Waals surface area contributed by atoms with E-state index in [0.717, 1.165) is 21.8 Å². The molecule has 1 unspecified atom stereocenters. The van der Waals surface area contributed by atoms with Gasteiger partial charge < -0.3 is 5.32 Å². The lowest BCUT2D eigenvalue weighted by atomic mass is 9.98. The van der Waals surface area contributed by atoms with E-state index in [1.54, 1.807) is 18.2 Å². The minimum Gasteiger partial charge on any atom is -0.342 e. The molecule has 3 nitrogen and oxygen atoms in total. The molecule has 126 valence electrons. The smallest absolute Gasteiger partial charge is 0.244 e. The van der Waals surface area contributed by atoms with E-state index in [-0.39, 0.29) is 17.8 Å². The Balaban J connectivity index is 1.81. The average Bonchev–Trinajstić information content (AvgIpc) is 3.05. The summed E-state index contributed by atoms with van der Waals surface area (Å²) in [5, 5.41) is 5.82. The van der Waals surface area contributed by atoms with Crippen molar-refractivity contribution in [2.24, 2.45) is 0 Å². The molecule has 5 heteroatoms. The van der Waals surface area contributed by atoms with E-state index in [9.17, 15) is 9.18 Å². The summed E-state index contributed by atoms with van der Waals surface area (Å²) in [4.78, 5) is 16.6. The van der Waals surface area contributed by atoms with Crippen molar-refractivity contribution in [1.82, 2.24) is 10.3 Å². The molecule has 0 aliphatic carbocycles. The summed E-state index contributed by atoms with van der Waals surface area (Å²) in [6, 6.07) is 15.4. The fourth-order valence-electron chi connectivity index (χ4n) is 2.47. The van der Waals surface area contributed by atoms with E-state index < -0.39 is 0 Å². The van der Waals surface area contributed by atoms with Gasteiger partial charge in [-0.05, 0) is 36.3 Å². The maximum Gasteiger partial charge on any atom is 0.244 e. The van der Waals surface area contributed by atoms with Gasteiger partial charge in [-0.2, -0.15) is 0 Å². The van der Waals surface area contributed by atoms with Crippen molar-refractivity contribution >= 4 is 23.3 Å². The van der Waals surface area contributed by atoms with Gasteiger partial charge in [0.1, 0.15) is 5.82 Å². The molecular formula is C20H17FN2OS. The highest BCUT2D eigenvalue weighted by Crippen LogP contribution is 2.22. The van der Waals surface area contributed by atoms with E-state index in [0.29, 0.717) is 0 Å². The SMILES string of the molecule is Cc1nc(/C=C/C(=O)NC(c2ccccc2)c2ccc(F)cc2)cs1. The molecule has 3 rings (SSSR count). The number of halogens is 1. The number of carbonyl (C=O) groups is 1. The van der Waals surface area contributed by atoms with E-state index >= 15 is 0 Å². The zero-order valence-electron chi connectivity index (χ0n) is 13.6. The van der Waals surface area contributed by atoms with Gasteiger partial charge in [-0.1, -0.05) is 42.5 Å². The van der Waals surface area contributed by atoms with Crippen LogP contribution in [0.2, 0.25) is 0 Å². The van der Waals surface area contributed by atoms with E-state index in [1.165, 1.54) is 29.5 Å². The predicted octanol–water partition coefficient (Wildman–Crippen LogP) is 4.51. The lowest BCUT2D eigenvalue weighted by molar-refractivity contribution is -0.116. The number of rotatable bonds is 5. The molecule has 0 bridgehead atoms. The standard InChI is InChI=1S/C20H17FN2OS/c1-14-22-18(13-25-14)11-12-19(24)23-20(15-5-3-2-4-6-15)16-7-9-17(21)10-8-16/h2-13,20H,1H3,(H,23,24)/b12-11+. The van der Waals surface area contributed by atoms with Crippen LogP contribution < -0.4 is 5.32 Å². The first-order chi connectivity index (χ1) is 12.1. The second kappa shape index (κ2) is 7.85. The second-order valence-electron chi connectivity index (χ2n) is 5.53. The molecule has 0 aliphatic rings. The summed E-state index contributed by atoms with van der Waals surface area (Å²) in [6.07, 6.45) is 3.15. The Morgan fingerprint density at radius 2 is 1.80 bits per heavy atom. The van der Waals surface area contributed by atoms with Gasteiger partial charge in [0.05, 0.1) is 16.7 Å². The summed E-state index contributed by atoms with van der Waals surface area (Å²) in [6.45, 7) is 1.92. The molecule has 1 atom stereocenters. The number of amides is 1. The summed E-state index contributed by atoms with van der Waals surface area (Å²) >= 11 is 1.54. The van der Waals surface area contributed by atoms with Crippen LogP contribution in [0.3, 0.4) is 0 Å². The van der Waals surface area contributed by atoms with Crippen LogP contribution in [0.4, 0.5) is 4.39 Å². The highest BCUT2D eigenvalue weighted by atomic mass is 32.1. The van der Waals surface area contributed by atoms with Gasteiger partial charge in [-0.3, -0.25) is 4.79 Å². The largest absolute Gasteiger partial charge is 0.342 e. The first-order valence-electron chi connectivity index (χ1n) is 7.83. The molecule has 1 amide bonds. The summed E-state index contributed by atoms with van der Waals surface area (Å²) < 4.78 is 13.2. The van der Waals surface area contributed by atoms with Gasteiger partial charge in [-0.25, -0.2) is 9.37 Å². The van der Waals surface area contributed by atoms with Crippen LogP contribution >= 0.6 is 11.3 Å².